The lowest BCUT2D eigenvalue weighted by molar-refractivity contribution is 0.592. The number of fused-ring (bicyclic) bond motifs is 2. The molecule has 4 nitrogen and oxygen atoms in total. The van der Waals surface area contributed by atoms with E-state index in [9.17, 15) is 14.0 Å². The Morgan fingerprint density at radius 1 is 1.22 bits per heavy atom. The van der Waals surface area contributed by atoms with Crippen LogP contribution in [-0.4, -0.2) is 4.98 Å². The summed E-state index contributed by atoms with van der Waals surface area (Å²) in [6.45, 7) is 1.51. The van der Waals surface area contributed by atoms with Crippen LogP contribution in [0, 0.1) is 12.7 Å². The molecule has 90 valence electrons. The first-order valence-corrected chi connectivity index (χ1v) is 5.32. The average Bonchev–Trinajstić information content (AvgIpc) is 2.35. The van der Waals surface area contributed by atoms with E-state index in [0.717, 1.165) is 0 Å². The lowest BCUT2D eigenvalue weighted by Crippen LogP contribution is -2.26. The Morgan fingerprint density at radius 3 is 2.78 bits per heavy atom. The molecular weight excluding hydrogens is 237 g/mol. The fraction of sp³-hybridized carbons (Fsp3) is 0.0769. The van der Waals surface area contributed by atoms with Gasteiger partial charge in [-0.2, -0.15) is 0 Å². The molecule has 1 aliphatic carbocycles. The smallest absolute Gasteiger partial charge is 0.232 e. The van der Waals surface area contributed by atoms with Crippen molar-refractivity contribution >= 4 is 11.1 Å². The van der Waals surface area contributed by atoms with Crippen LogP contribution in [0.5, 0.6) is 0 Å². The van der Waals surface area contributed by atoms with Gasteiger partial charge >= 0.3 is 0 Å². The van der Waals surface area contributed by atoms with E-state index >= 15 is 0 Å². The molecule has 0 bridgehead atoms. The Kier molecular flexibility index (Phi) is 2.10. The molecular formula is C13H8FNO3. The van der Waals surface area contributed by atoms with Crippen molar-refractivity contribution < 1.29 is 8.81 Å². The number of halogens is 1. The molecule has 0 aromatic heterocycles. The summed E-state index contributed by atoms with van der Waals surface area (Å²) in [5.74, 6) is -0.155. The number of aromatic nitrogens is 1. The van der Waals surface area contributed by atoms with E-state index in [-0.39, 0.29) is 11.3 Å². The number of hydrogen-bond acceptors (Lipinski definition) is 3. The van der Waals surface area contributed by atoms with Crippen molar-refractivity contribution in [1.82, 2.24) is 4.98 Å². The molecule has 0 amide bonds. The molecule has 1 N–H and O–H groups in total. The van der Waals surface area contributed by atoms with Crippen molar-refractivity contribution in [3.8, 4) is 11.5 Å². The molecule has 1 heterocycles. The van der Waals surface area contributed by atoms with Gasteiger partial charge in [-0.3, -0.25) is 9.59 Å². The second kappa shape index (κ2) is 3.53. The summed E-state index contributed by atoms with van der Waals surface area (Å²) in [4.78, 5) is 25.9. The number of hydrogen-bond donors (Lipinski definition) is 1. The van der Waals surface area contributed by atoms with Crippen LogP contribution in [0.15, 0.2) is 38.3 Å². The predicted octanol–water partition coefficient (Wildman–Crippen LogP) is 2.03. The quantitative estimate of drug-likeness (QED) is 0.487. The van der Waals surface area contributed by atoms with E-state index in [1.54, 1.807) is 0 Å². The third-order valence-corrected chi connectivity index (χ3v) is 2.85. The molecule has 2 aliphatic rings. The lowest BCUT2D eigenvalue weighted by atomic mass is 10.1. The summed E-state index contributed by atoms with van der Waals surface area (Å²) >= 11 is 0. The van der Waals surface area contributed by atoms with Gasteiger partial charge < -0.3 is 9.40 Å². The highest BCUT2D eigenvalue weighted by atomic mass is 19.1. The van der Waals surface area contributed by atoms with E-state index in [4.69, 9.17) is 4.42 Å². The Hall–Kier alpha value is -2.43. The van der Waals surface area contributed by atoms with Gasteiger partial charge in [-0.25, -0.2) is 4.39 Å². The molecule has 0 saturated heterocycles. The summed E-state index contributed by atoms with van der Waals surface area (Å²) in [5.41, 5.74) is 0.310. The van der Waals surface area contributed by atoms with Crippen LogP contribution < -0.4 is 10.9 Å². The van der Waals surface area contributed by atoms with E-state index in [0.29, 0.717) is 16.8 Å². The van der Waals surface area contributed by atoms with Crippen molar-refractivity contribution in [2.75, 3.05) is 0 Å². The maximum atomic E-state index is 13.1. The number of H-pyrrole nitrogens is 1. The molecule has 0 radical (unpaired) electrons. The minimum Gasteiger partial charge on any atom is -0.452 e. The topological polar surface area (TPSA) is 63.1 Å². The zero-order valence-corrected chi connectivity index (χ0v) is 9.41. The fourth-order valence-corrected chi connectivity index (χ4v) is 1.92. The van der Waals surface area contributed by atoms with Gasteiger partial charge in [-0.05, 0) is 19.1 Å². The highest BCUT2D eigenvalue weighted by Gasteiger charge is 2.15. The standard InChI is InChI=1S/C13H8FNO3/c1-6-12(17)10(16)5-9-13(6)18-11-4-7(14)2-3-8(11)15-9/h2-5,15H,1H3. The monoisotopic (exact) mass is 245 g/mol. The Balaban J connectivity index is 2.54. The molecule has 0 atom stereocenters. The summed E-state index contributed by atoms with van der Waals surface area (Å²) in [6.07, 6.45) is 0. The van der Waals surface area contributed by atoms with Crippen LogP contribution >= 0.6 is 0 Å². The van der Waals surface area contributed by atoms with Crippen LogP contribution in [0.4, 0.5) is 4.39 Å². The molecule has 5 heteroatoms. The molecule has 1 aromatic rings. The summed E-state index contributed by atoms with van der Waals surface area (Å²) in [5, 5.41) is 0. The second-order valence-electron chi connectivity index (χ2n) is 4.07. The van der Waals surface area contributed by atoms with Crippen molar-refractivity contribution in [2.24, 2.45) is 0 Å². The van der Waals surface area contributed by atoms with Crippen LogP contribution in [0.1, 0.15) is 5.56 Å². The Labute approximate surface area is 100 Å². The van der Waals surface area contributed by atoms with Crippen molar-refractivity contribution in [2.45, 2.75) is 6.92 Å². The van der Waals surface area contributed by atoms with Crippen molar-refractivity contribution in [3.05, 3.63) is 56.1 Å². The van der Waals surface area contributed by atoms with Gasteiger partial charge in [-0.1, -0.05) is 0 Å². The number of rotatable bonds is 0. The summed E-state index contributed by atoms with van der Waals surface area (Å²) < 4.78 is 18.6. The first kappa shape index (κ1) is 10.7. The number of aromatic amines is 1. The van der Waals surface area contributed by atoms with Gasteiger partial charge in [-0.15, -0.1) is 0 Å². The SMILES string of the molecule is Cc1c2oc3cc(F)ccc3[nH]c-2cc(=O)c1=O. The molecule has 3 rings (SSSR count). The molecule has 18 heavy (non-hydrogen) atoms. The molecule has 0 unspecified atom stereocenters. The Morgan fingerprint density at radius 2 is 2.00 bits per heavy atom. The fourth-order valence-electron chi connectivity index (χ4n) is 1.92. The summed E-state index contributed by atoms with van der Waals surface area (Å²) in [6, 6.07) is 5.21. The number of benzene rings is 2. The largest absolute Gasteiger partial charge is 0.452 e. The van der Waals surface area contributed by atoms with Gasteiger partial charge in [0, 0.05) is 17.7 Å². The van der Waals surface area contributed by atoms with Gasteiger partial charge in [0.1, 0.15) is 5.82 Å². The highest BCUT2D eigenvalue weighted by Crippen LogP contribution is 2.25. The first-order valence-electron chi connectivity index (χ1n) is 5.32. The van der Waals surface area contributed by atoms with Crippen LogP contribution in [0.3, 0.4) is 0 Å². The maximum absolute atomic E-state index is 13.1. The highest BCUT2D eigenvalue weighted by molar-refractivity contribution is 5.76. The van der Waals surface area contributed by atoms with Crippen LogP contribution in [0.2, 0.25) is 0 Å². The van der Waals surface area contributed by atoms with Crippen LogP contribution in [0.25, 0.3) is 22.6 Å². The summed E-state index contributed by atoms with van der Waals surface area (Å²) in [7, 11) is 0. The molecule has 0 spiro atoms. The minimum atomic E-state index is -0.601. The average molecular weight is 245 g/mol. The van der Waals surface area contributed by atoms with E-state index < -0.39 is 16.7 Å². The van der Waals surface area contributed by atoms with E-state index in [1.165, 1.54) is 31.2 Å². The van der Waals surface area contributed by atoms with Crippen LogP contribution in [-0.2, 0) is 0 Å². The Bertz CT molecular complexity index is 847. The third-order valence-electron chi connectivity index (χ3n) is 2.85. The normalized spacial score (nSPS) is 11.2. The molecule has 1 aliphatic heterocycles. The van der Waals surface area contributed by atoms with Gasteiger partial charge in [0.25, 0.3) is 0 Å². The zero-order valence-electron chi connectivity index (χ0n) is 9.41. The molecule has 0 saturated carbocycles. The second-order valence-corrected chi connectivity index (χ2v) is 4.07. The van der Waals surface area contributed by atoms with Crippen molar-refractivity contribution in [1.29, 1.82) is 0 Å². The molecule has 0 fully saturated rings. The lowest BCUT2D eigenvalue weighted by Gasteiger charge is -2.08. The van der Waals surface area contributed by atoms with Gasteiger partial charge in [0.15, 0.2) is 11.3 Å². The van der Waals surface area contributed by atoms with E-state index in [2.05, 4.69) is 4.98 Å². The van der Waals surface area contributed by atoms with E-state index in [1.807, 2.05) is 0 Å². The maximum Gasteiger partial charge on any atom is 0.232 e. The van der Waals surface area contributed by atoms with Crippen molar-refractivity contribution in [3.63, 3.8) is 0 Å². The predicted molar refractivity (Wildman–Crippen MR) is 64.4 cm³/mol. The van der Waals surface area contributed by atoms with Gasteiger partial charge in [0.2, 0.25) is 10.9 Å². The first-order chi connectivity index (χ1) is 8.56. The third kappa shape index (κ3) is 1.44. The zero-order chi connectivity index (χ0) is 12.9. The molecule has 1 aromatic carbocycles. The number of nitrogens with one attached hydrogen (secondary N) is 1. The minimum absolute atomic E-state index is 0.222. The van der Waals surface area contributed by atoms with Gasteiger partial charge in [0.05, 0.1) is 11.2 Å².